The number of benzene rings is 2. The summed E-state index contributed by atoms with van der Waals surface area (Å²) in [4.78, 5) is 8.61. The summed E-state index contributed by atoms with van der Waals surface area (Å²) in [6.07, 6.45) is 3.39. The second-order valence-electron chi connectivity index (χ2n) is 4.81. The molecule has 0 fully saturated rings. The lowest BCUT2D eigenvalue weighted by Crippen LogP contribution is -2.28. The van der Waals surface area contributed by atoms with Crippen molar-refractivity contribution in [1.82, 2.24) is 15.4 Å². The maximum absolute atomic E-state index is 5.73. The van der Waals surface area contributed by atoms with Gasteiger partial charge in [-0.1, -0.05) is 35.9 Å². The van der Waals surface area contributed by atoms with E-state index in [1.807, 2.05) is 18.2 Å². The summed E-state index contributed by atoms with van der Waals surface area (Å²) < 4.78 is 0. The van der Waals surface area contributed by atoms with Gasteiger partial charge < -0.3 is 0 Å². The highest BCUT2D eigenvalue weighted by Gasteiger charge is 2.13. The van der Waals surface area contributed by atoms with Gasteiger partial charge in [-0.05, 0) is 30.2 Å². The zero-order valence-corrected chi connectivity index (χ0v) is 11.2. The molecule has 0 saturated heterocycles. The molecule has 3 N–H and O–H groups in total. The summed E-state index contributed by atoms with van der Waals surface area (Å²) in [7, 11) is 0. The van der Waals surface area contributed by atoms with E-state index >= 15 is 0 Å². The minimum Gasteiger partial charge on any atom is -0.271 e. The van der Waals surface area contributed by atoms with Crippen LogP contribution in [0.4, 0.5) is 0 Å². The van der Waals surface area contributed by atoms with Gasteiger partial charge in [-0.15, -0.1) is 0 Å². The Bertz CT molecular complexity index is 722. The van der Waals surface area contributed by atoms with E-state index in [0.29, 0.717) is 0 Å². The van der Waals surface area contributed by atoms with E-state index in [-0.39, 0.29) is 6.04 Å². The molecular formula is C16H16N4. The Hall–Kier alpha value is -2.30. The predicted octanol–water partition coefficient (Wildman–Crippen LogP) is 2.49. The zero-order chi connectivity index (χ0) is 13.9. The van der Waals surface area contributed by atoms with Crippen molar-refractivity contribution in [2.24, 2.45) is 5.84 Å². The molecule has 1 aromatic heterocycles. The first-order valence-electron chi connectivity index (χ1n) is 6.51. The fourth-order valence-corrected chi connectivity index (χ4v) is 2.30. The molecule has 0 spiro atoms. The van der Waals surface area contributed by atoms with Crippen LogP contribution < -0.4 is 11.3 Å². The number of hydrogen-bond acceptors (Lipinski definition) is 4. The molecule has 0 bridgehead atoms. The highest BCUT2D eigenvalue weighted by atomic mass is 15.2. The van der Waals surface area contributed by atoms with Gasteiger partial charge in [0.05, 0.1) is 17.1 Å². The third kappa shape index (κ3) is 2.39. The molecule has 1 heterocycles. The monoisotopic (exact) mass is 264 g/mol. The van der Waals surface area contributed by atoms with Crippen molar-refractivity contribution in [2.75, 3.05) is 0 Å². The molecule has 0 amide bonds. The number of aryl methyl sites for hydroxylation is 1. The van der Waals surface area contributed by atoms with Gasteiger partial charge >= 0.3 is 0 Å². The second-order valence-corrected chi connectivity index (χ2v) is 4.81. The van der Waals surface area contributed by atoms with E-state index in [4.69, 9.17) is 5.84 Å². The van der Waals surface area contributed by atoms with E-state index in [0.717, 1.165) is 22.2 Å². The van der Waals surface area contributed by atoms with Gasteiger partial charge in [0, 0.05) is 12.4 Å². The molecule has 0 aliphatic carbocycles. The normalized spacial score (nSPS) is 12.5. The zero-order valence-electron chi connectivity index (χ0n) is 11.2. The minimum atomic E-state index is -0.0537. The van der Waals surface area contributed by atoms with Gasteiger partial charge in [0.2, 0.25) is 0 Å². The first-order valence-corrected chi connectivity index (χ1v) is 6.51. The highest BCUT2D eigenvalue weighted by molar-refractivity contribution is 5.74. The molecule has 100 valence electrons. The van der Waals surface area contributed by atoms with Crippen molar-refractivity contribution >= 4 is 11.0 Å². The molecule has 1 unspecified atom stereocenters. The van der Waals surface area contributed by atoms with Crippen molar-refractivity contribution in [2.45, 2.75) is 13.0 Å². The summed E-state index contributed by atoms with van der Waals surface area (Å²) in [6, 6.07) is 14.3. The Balaban J connectivity index is 2.04. The molecule has 4 nitrogen and oxygen atoms in total. The minimum absolute atomic E-state index is 0.0537. The van der Waals surface area contributed by atoms with Gasteiger partial charge in [0.25, 0.3) is 0 Å². The van der Waals surface area contributed by atoms with Gasteiger partial charge in [-0.25, -0.2) is 5.43 Å². The smallest absolute Gasteiger partial charge is 0.0890 e. The van der Waals surface area contributed by atoms with Crippen LogP contribution in [0.1, 0.15) is 22.7 Å². The van der Waals surface area contributed by atoms with Gasteiger partial charge in [-0.3, -0.25) is 15.8 Å². The molecule has 0 radical (unpaired) electrons. The van der Waals surface area contributed by atoms with Crippen LogP contribution in [0.25, 0.3) is 11.0 Å². The molecule has 3 aromatic rings. The Morgan fingerprint density at radius 2 is 1.55 bits per heavy atom. The summed E-state index contributed by atoms with van der Waals surface area (Å²) in [5, 5.41) is 0. The van der Waals surface area contributed by atoms with Gasteiger partial charge in [-0.2, -0.15) is 0 Å². The Kier molecular flexibility index (Phi) is 3.41. The molecule has 20 heavy (non-hydrogen) atoms. The van der Waals surface area contributed by atoms with Crippen molar-refractivity contribution in [3.05, 3.63) is 71.5 Å². The Morgan fingerprint density at radius 1 is 0.900 bits per heavy atom. The quantitative estimate of drug-likeness (QED) is 0.563. The van der Waals surface area contributed by atoms with E-state index in [1.165, 1.54) is 5.56 Å². The number of hydrogen-bond donors (Lipinski definition) is 2. The van der Waals surface area contributed by atoms with Crippen LogP contribution >= 0.6 is 0 Å². The second kappa shape index (κ2) is 5.36. The van der Waals surface area contributed by atoms with Gasteiger partial charge in [0.1, 0.15) is 0 Å². The molecular weight excluding hydrogens is 248 g/mol. The molecule has 0 saturated carbocycles. The SMILES string of the molecule is Cc1ccc(C(NN)c2ccc3nccnc3c2)cc1. The van der Waals surface area contributed by atoms with Crippen LogP contribution in [0.3, 0.4) is 0 Å². The molecule has 4 heteroatoms. The predicted molar refractivity (Wildman–Crippen MR) is 79.9 cm³/mol. The summed E-state index contributed by atoms with van der Waals surface area (Å²) in [5.74, 6) is 5.73. The number of fused-ring (bicyclic) bond motifs is 1. The molecule has 3 rings (SSSR count). The lowest BCUT2D eigenvalue weighted by atomic mass is 9.98. The average Bonchev–Trinajstić information content (AvgIpc) is 2.50. The molecule has 2 aromatic carbocycles. The van der Waals surface area contributed by atoms with E-state index in [9.17, 15) is 0 Å². The van der Waals surface area contributed by atoms with Crippen LogP contribution in [0, 0.1) is 6.92 Å². The molecule has 0 aliphatic heterocycles. The fraction of sp³-hybridized carbons (Fsp3) is 0.125. The number of nitrogens with two attached hydrogens (primary N) is 1. The van der Waals surface area contributed by atoms with Gasteiger partial charge in [0.15, 0.2) is 0 Å². The van der Waals surface area contributed by atoms with Crippen LogP contribution in [0.2, 0.25) is 0 Å². The number of nitrogens with zero attached hydrogens (tertiary/aromatic N) is 2. The number of rotatable bonds is 3. The van der Waals surface area contributed by atoms with Crippen molar-refractivity contribution < 1.29 is 0 Å². The lowest BCUT2D eigenvalue weighted by Gasteiger charge is -2.17. The molecule has 0 aliphatic rings. The Morgan fingerprint density at radius 3 is 2.25 bits per heavy atom. The number of hydrazine groups is 1. The number of aromatic nitrogens is 2. The maximum atomic E-state index is 5.73. The number of nitrogens with one attached hydrogen (secondary N) is 1. The first-order chi connectivity index (χ1) is 9.78. The maximum Gasteiger partial charge on any atom is 0.0890 e. The van der Waals surface area contributed by atoms with E-state index in [2.05, 4.69) is 46.6 Å². The third-order valence-corrected chi connectivity index (χ3v) is 3.40. The van der Waals surface area contributed by atoms with Crippen LogP contribution in [-0.2, 0) is 0 Å². The third-order valence-electron chi connectivity index (χ3n) is 3.40. The standard InChI is InChI=1S/C16H16N4/c1-11-2-4-12(5-3-11)16(20-17)13-6-7-14-15(10-13)19-9-8-18-14/h2-10,16,20H,17H2,1H3. The van der Waals surface area contributed by atoms with Crippen molar-refractivity contribution in [3.8, 4) is 0 Å². The lowest BCUT2D eigenvalue weighted by molar-refractivity contribution is 0.637. The van der Waals surface area contributed by atoms with Crippen LogP contribution in [0.15, 0.2) is 54.9 Å². The topological polar surface area (TPSA) is 63.8 Å². The van der Waals surface area contributed by atoms with Crippen LogP contribution in [-0.4, -0.2) is 9.97 Å². The summed E-state index contributed by atoms with van der Waals surface area (Å²) in [5.41, 5.74) is 8.06. The summed E-state index contributed by atoms with van der Waals surface area (Å²) in [6.45, 7) is 2.07. The van der Waals surface area contributed by atoms with Crippen LogP contribution in [0.5, 0.6) is 0 Å². The first kappa shape index (κ1) is 12.7. The Labute approximate surface area is 117 Å². The van der Waals surface area contributed by atoms with E-state index in [1.54, 1.807) is 12.4 Å². The van der Waals surface area contributed by atoms with E-state index < -0.39 is 0 Å². The largest absolute Gasteiger partial charge is 0.271 e. The fourth-order valence-electron chi connectivity index (χ4n) is 2.30. The highest BCUT2D eigenvalue weighted by Crippen LogP contribution is 2.23. The molecule has 1 atom stereocenters. The summed E-state index contributed by atoms with van der Waals surface area (Å²) >= 11 is 0. The van der Waals surface area contributed by atoms with Crippen molar-refractivity contribution in [1.29, 1.82) is 0 Å². The average molecular weight is 264 g/mol. The van der Waals surface area contributed by atoms with Crippen molar-refractivity contribution in [3.63, 3.8) is 0 Å².